The highest BCUT2D eigenvalue weighted by Crippen LogP contribution is 2.28. The van der Waals surface area contributed by atoms with Crippen LogP contribution in [0.25, 0.3) is 0 Å². The van der Waals surface area contributed by atoms with Gasteiger partial charge in [-0.25, -0.2) is 8.42 Å². The molecule has 0 aromatic heterocycles. The molecule has 3 aromatic carbocycles. The summed E-state index contributed by atoms with van der Waals surface area (Å²) in [5, 5.41) is 3.37. The van der Waals surface area contributed by atoms with E-state index in [0.29, 0.717) is 10.8 Å². The lowest BCUT2D eigenvalue weighted by Gasteiger charge is -2.32. The third-order valence-electron chi connectivity index (χ3n) is 6.09. The average Bonchev–Trinajstić information content (AvgIpc) is 2.90. The molecule has 208 valence electrons. The Labute approximate surface area is 235 Å². The van der Waals surface area contributed by atoms with E-state index in [-0.39, 0.29) is 29.1 Å². The Hall–Kier alpha value is -3.56. The number of amides is 2. The van der Waals surface area contributed by atoms with E-state index in [1.54, 1.807) is 67.6 Å². The first-order valence-corrected chi connectivity index (χ1v) is 14.3. The van der Waals surface area contributed by atoms with Crippen LogP contribution in [0, 0.1) is 6.92 Å². The molecular formula is C29H34ClN3O5S. The third kappa shape index (κ3) is 7.74. The Morgan fingerprint density at radius 2 is 1.62 bits per heavy atom. The second kappa shape index (κ2) is 13.0. The predicted molar refractivity (Wildman–Crippen MR) is 153 cm³/mol. The molecule has 3 aromatic rings. The summed E-state index contributed by atoms with van der Waals surface area (Å²) in [6, 6.07) is 18.8. The van der Waals surface area contributed by atoms with Crippen molar-refractivity contribution < 1.29 is 22.7 Å². The molecule has 10 heteroatoms. The number of sulfonamides is 1. The lowest BCUT2D eigenvalue weighted by atomic mass is 10.1. The van der Waals surface area contributed by atoms with E-state index in [9.17, 15) is 18.0 Å². The van der Waals surface area contributed by atoms with Crippen molar-refractivity contribution in [3.8, 4) is 5.75 Å². The molecule has 0 radical (unpaired) electrons. The maximum atomic E-state index is 13.9. The summed E-state index contributed by atoms with van der Waals surface area (Å²) in [6.45, 7) is 6.69. The van der Waals surface area contributed by atoms with E-state index >= 15 is 0 Å². The minimum absolute atomic E-state index is 0.0403. The zero-order valence-corrected chi connectivity index (χ0v) is 24.3. The third-order valence-corrected chi connectivity index (χ3v) is 8.13. The first-order valence-electron chi connectivity index (χ1n) is 12.5. The molecule has 3 rings (SSSR count). The number of methoxy groups -OCH3 is 1. The number of halogens is 1. The second-order valence-electron chi connectivity index (χ2n) is 9.51. The first-order chi connectivity index (χ1) is 18.4. The average molecular weight is 572 g/mol. The summed E-state index contributed by atoms with van der Waals surface area (Å²) in [6.07, 6.45) is 0. The molecule has 0 aliphatic rings. The van der Waals surface area contributed by atoms with Crippen LogP contribution in [-0.4, -0.2) is 50.9 Å². The highest BCUT2D eigenvalue weighted by Gasteiger charge is 2.32. The number of rotatable bonds is 11. The van der Waals surface area contributed by atoms with Crippen molar-refractivity contribution in [3.05, 3.63) is 88.9 Å². The highest BCUT2D eigenvalue weighted by atomic mass is 35.5. The number of aryl methyl sites for hydroxylation is 1. The zero-order chi connectivity index (χ0) is 28.7. The summed E-state index contributed by atoms with van der Waals surface area (Å²) in [5.41, 5.74) is 1.90. The number of carbonyl (C=O) groups is 2. The molecule has 0 aliphatic carbocycles. The summed E-state index contributed by atoms with van der Waals surface area (Å²) in [7, 11) is -2.68. The van der Waals surface area contributed by atoms with Crippen LogP contribution >= 0.6 is 11.6 Å². The van der Waals surface area contributed by atoms with Crippen molar-refractivity contribution in [2.45, 2.75) is 51.2 Å². The van der Waals surface area contributed by atoms with Gasteiger partial charge < -0.3 is 15.0 Å². The molecule has 0 unspecified atom stereocenters. The van der Waals surface area contributed by atoms with E-state index in [1.807, 2.05) is 20.8 Å². The van der Waals surface area contributed by atoms with Gasteiger partial charge in [-0.2, -0.15) is 0 Å². The fraction of sp³-hybridized carbons (Fsp3) is 0.310. The van der Waals surface area contributed by atoms with Crippen LogP contribution in [0.5, 0.6) is 5.75 Å². The number of nitrogens with one attached hydrogen (secondary N) is 1. The number of hydrogen-bond donors (Lipinski definition) is 1. The van der Waals surface area contributed by atoms with Crippen LogP contribution in [-0.2, 0) is 26.2 Å². The Morgan fingerprint density at radius 3 is 2.21 bits per heavy atom. The molecule has 0 spiro atoms. The van der Waals surface area contributed by atoms with Crippen molar-refractivity contribution in [2.24, 2.45) is 0 Å². The van der Waals surface area contributed by atoms with Crippen LogP contribution in [0.1, 0.15) is 31.9 Å². The lowest BCUT2D eigenvalue weighted by Crippen LogP contribution is -2.52. The van der Waals surface area contributed by atoms with E-state index in [0.717, 1.165) is 15.4 Å². The van der Waals surface area contributed by atoms with Crippen molar-refractivity contribution >= 4 is 39.1 Å². The number of carbonyl (C=O) groups excluding carboxylic acids is 2. The van der Waals surface area contributed by atoms with Gasteiger partial charge in [-0.05, 0) is 69.7 Å². The van der Waals surface area contributed by atoms with Crippen LogP contribution in [0.3, 0.4) is 0 Å². The smallest absolute Gasteiger partial charge is 0.264 e. The van der Waals surface area contributed by atoms with Crippen LogP contribution in [0.15, 0.2) is 77.7 Å². The zero-order valence-electron chi connectivity index (χ0n) is 22.7. The Kier molecular flexibility index (Phi) is 9.99. The van der Waals surface area contributed by atoms with Gasteiger partial charge in [0.05, 0.1) is 17.7 Å². The first kappa shape index (κ1) is 30.0. The Balaban J connectivity index is 2.04. The predicted octanol–water partition coefficient (Wildman–Crippen LogP) is 4.79. The largest absolute Gasteiger partial charge is 0.497 e. The Bertz CT molecular complexity index is 1390. The minimum atomic E-state index is -4.16. The highest BCUT2D eigenvalue weighted by molar-refractivity contribution is 7.92. The number of ether oxygens (including phenoxy) is 1. The standard InChI is InChI=1S/C29H34ClN3O5S/c1-20(2)31-29(35)22(4)32(18-23-11-13-24(30)14-12-23)28(34)19-33(25-7-6-8-26(17-25)38-5)39(36,37)27-15-9-21(3)10-16-27/h6-17,20,22H,18-19H2,1-5H3,(H,31,35)/t22-/m0/s1. The molecule has 1 atom stereocenters. The number of benzene rings is 3. The molecule has 0 aliphatic heterocycles. The van der Waals surface area contributed by atoms with Crippen molar-refractivity contribution in [1.29, 1.82) is 0 Å². The SMILES string of the molecule is COc1cccc(N(CC(=O)N(Cc2ccc(Cl)cc2)[C@@H](C)C(=O)NC(C)C)S(=O)(=O)c2ccc(C)cc2)c1. The van der Waals surface area contributed by atoms with Gasteiger partial charge >= 0.3 is 0 Å². The monoisotopic (exact) mass is 571 g/mol. The summed E-state index contributed by atoms with van der Waals surface area (Å²) >= 11 is 6.03. The van der Waals surface area contributed by atoms with E-state index < -0.39 is 28.5 Å². The number of hydrogen-bond acceptors (Lipinski definition) is 5. The quantitative estimate of drug-likeness (QED) is 0.357. The minimum Gasteiger partial charge on any atom is -0.497 e. The molecule has 0 fully saturated rings. The van der Waals surface area contributed by atoms with Gasteiger partial charge in [0.1, 0.15) is 18.3 Å². The van der Waals surface area contributed by atoms with Crippen LogP contribution in [0.4, 0.5) is 5.69 Å². The van der Waals surface area contributed by atoms with Gasteiger partial charge in [-0.1, -0.05) is 47.5 Å². The molecule has 0 saturated heterocycles. The van der Waals surface area contributed by atoms with Gasteiger partial charge in [-0.3, -0.25) is 13.9 Å². The second-order valence-corrected chi connectivity index (χ2v) is 11.8. The summed E-state index contributed by atoms with van der Waals surface area (Å²) in [4.78, 5) is 28.3. The maximum Gasteiger partial charge on any atom is 0.264 e. The van der Waals surface area contributed by atoms with E-state index in [2.05, 4.69) is 5.32 Å². The van der Waals surface area contributed by atoms with Gasteiger partial charge in [0, 0.05) is 23.7 Å². The van der Waals surface area contributed by atoms with Gasteiger partial charge in [0.25, 0.3) is 10.0 Å². The van der Waals surface area contributed by atoms with Crippen LogP contribution in [0.2, 0.25) is 5.02 Å². The number of anilines is 1. The van der Waals surface area contributed by atoms with Crippen LogP contribution < -0.4 is 14.4 Å². The van der Waals surface area contributed by atoms with E-state index in [1.165, 1.54) is 24.1 Å². The van der Waals surface area contributed by atoms with Crippen molar-refractivity contribution in [3.63, 3.8) is 0 Å². The molecular weight excluding hydrogens is 538 g/mol. The Morgan fingerprint density at radius 1 is 0.974 bits per heavy atom. The van der Waals surface area contributed by atoms with Gasteiger partial charge in [-0.15, -0.1) is 0 Å². The topological polar surface area (TPSA) is 96.0 Å². The maximum absolute atomic E-state index is 13.9. The van der Waals surface area contributed by atoms with Gasteiger partial charge in [0.15, 0.2) is 0 Å². The number of nitrogens with zero attached hydrogens (tertiary/aromatic N) is 2. The van der Waals surface area contributed by atoms with Crippen molar-refractivity contribution in [2.75, 3.05) is 18.0 Å². The molecule has 39 heavy (non-hydrogen) atoms. The van der Waals surface area contributed by atoms with Crippen molar-refractivity contribution in [1.82, 2.24) is 10.2 Å². The van der Waals surface area contributed by atoms with E-state index in [4.69, 9.17) is 16.3 Å². The normalized spacial score (nSPS) is 12.1. The summed E-state index contributed by atoms with van der Waals surface area (Å²) in [5.74, 6) is -0.455. The molecule has 0 heterocycles. The molecule has 2 amide bonds. The summed E-state index contributed by atoms with van der Waals surface area (Å²) < 4.78 is 34.1. The molecule has 1 N–H and O–H groups in total. The lowest BCUT2D eigenvalue weighted by molar-refractivity contribution is -0.139. The molecule has 0 bridgehead atoms. The fourth-order valence-corrected chi connectivity index (χ4v) is 5.44. The molecule has 0 saturated carbocycles. The molecule has 8 nitrogen and oxygen atoms in total. The van der Waals surface area contributed by atoms with Gasteiger partial charge in [0.2, 0.25) is 11.8 Å². The fourth-order valence-electron chi connectivity index (χ4n) is 3.91.